The van der Waals surface area contributed by atoms with Gasteiger partial charge in [-0.3, -0.25) is 4.90 Å². The Bertz CT molecular complexity index is 630. The number of cyclic esters (lactones) is 1. The zero-order valence-electron chi connectivity index (χ0n) is 13.3. The van der Waals surface area contributed by atoms with Gasteiger partial charge in [0.05, 0.1) is 19.4 Å². The van der Waals surface area contributed by atoms with Crippen molar-refractivity contribution in [1.82, 2.24) is 4.72 Å². The zero-order valence-corrected chi connectivity index (χ0v) is 14.1. The van der Waals surface area contributed by atoms with Gasteiger partial charge in [0.2, 0.25) is 10.0 Å². The van der Waals surface area contributed by atoms with E-state index < -0.39 is 22.2 Å². The molecule has 0 radical (unpaired) electrons. The van der Waals surface area contributed by atoms with Crippen LogP contribution in [-0.2, 0) is 14.8 Å². The summed E-state index contributed by atoms with van der Waals surface area (Å²) in [7, 11) is -1.75. The van der Waals surface area contributed by atoms with E-state index >= 15 is 0 Å². The number of rotatable bonds is 8. The molecule has 128 valence electrons. The van der Waals surface area contributed by atoms with Crippen molar-refractivity contribution in [2.24, 2.45) is 0 Å². The van der Waals surface area contributed by atoms with Crippen molar-refractivity contribution in [3.05, 3.63) is 24.3 Å². The number of nitrogens with zero attached hydrogens (tertiary/aromatic N) is 1. The maximum Gasteiger partial charge on any atom is 0.414 e. The first-order valence-corrected chi connectivity index (χ1v) is 9.20. The molecule has 1 aromatic carbocycles. The summed E-state index contributed by atoms with van der Waals surface area (Å²) in [4.78, 5) is 13.4. The first kappa shape index (κ1) is 17.6. The Balaban J connectivity index is 1.91. The normalized spacial score (nSPS) is 18.1. The maximum absolute atomic E-state index is 11.9. The van der Waals surface area contributed by atoms with E-state index in [1.165, 1.54) is 4.90 Å². The number of carbonyl (C=O) groups is 1. The summed E-state index contributed by atoms with van der Waals surface area (Å²) < 4.78 is 36.3. The second-order valence-corrected chi connectivity index (χ2v) is 7.26. The Kier molecular flexibility index (Phi) is 5.84. The molecule has 0 spiro atoms. The number of unbranched alkanes of at least 4 members (excludes halogenated alkanes) is 1. The molecule has 23 heavy (non-hydrogen) atoms. The Morgan fingerprint density at radius 2 is 2.04 bits per heavy atom. The van der Waals surface area contributed by atoms with Gasteiger partial charge < -0.3 is 9.47 Å². The molecule has 1 fully saturated rings. The van der Waals surface area contributed by atoms with E-state index in [0.29, 0.717) is 24.4 Å². The molecule has 0 aliphatic carbocycles. The number of anilines is 1. The fourth-order valence-corrected chi connectivity index (χ4v) is 3.48. The SMILES string of the molecule is CCCCS(=O)(=O)NCC1CN(c2ccc(OC)cc2)C(=O)O1. The minimum absolute atomic E-state index is 0.0877. The third-order valence-electron chi connectivity index (χ3n) is 3.56. The van der Waals surface area contributed by atoms with Crippen molar-refractivity contribution in [2.75, 3.05) is 30.9 Å². The summed E-state index contributed by atoms with van der Waals surface area (Å²) >= 11 is 0. The number of ether oxygens (including phenoxy) is 2. The maximum atomic E-state index is 11.9. The number of sulfonamides is 1. The van der Waals surface area contributed by atoms with Gasteiger partial charge in [-0.05, 0) is 30.7 Å². The highest BCUT2D eigenvalue weighted by molar-refractivity contribution is 7.89. The van der Waals surface area contributed by atoms with Crippen molar-refractivity contribution in [3.63, 3.8) is 0 Å². The molecular weight excluding hydrogens is 320 g/mol. The van der Waals surface area contributed by atoms with Crippen LogP contribution in [0, 0.1) is 0 Å². The quantitative estimate of drug-likeness (QED) is 0.778. The van der Waals surface area contributed by atoms with Crippen molar-refractivity contribution in [2.45, 2.75) is 25.9 Å². The van der Waals surface area contributed by atoms with Crippen LogP contribution >= 0.6 is 0 Å². The lowest BCUT2D eigenvalue weighted by atomic mass is 10.2. The number of hydrogen-bond acceptors (Lipinski definition) is 5. The average Bonchev–Trinajstić information content (AvgIpc) is 2.92. The van der Waals surface area contributed by atoms with Crippen LogP contribution < -0.4 is 14.4 Å². The lowest BCUT2D eigenvalue weighted by Crippen LogP contribution is -2.35. The van der Waals surface area contributed by atoms with E-state index in [1.807, 2.05) is 6.92 Å². The first-order valence-electron chi connectivity index (χ1n) is 7.54. The molecule has 1 aliphatic heterocycles. The van der Waals surface area contributed by atoms with Gasteiger partial charge in [-0.15, -0.1) is 0 Å². The van der Waals surface area contributed by atoms with Crippen LogP contribution in [0.4, 0.5) is 10.5 Å². The predicted molar refractivity (Wildman–Crippen MR) is 87.3 cm³/mol. The third-order valence-corrected chi connectivity index (χ3v) is 4.99. The van der Waals surface area contributed by atoms with Crippen LogP contribution in [0.2, 0.25) is 0 Å². The lowest BCUT2D eigenvalue weighted by molar-refractivity contribution is 0.143. The lowest BCUT2D eigenvalue weighted by Gasteiger charge is -2.13. The van der Waals surface area contributed by atoms with Gasteiger partial charge in [0, 0.05) is 12.2 Å². The fourth-order valence-electron chi connectivity index (χ4n) is 2.23. The van der Waals surface area contributed by atoms with Gasteiger partial charge in [0.25, 0.3) is 0 Å². The molecule has 8 heteroatoms. The molecule has 1 heterocycles. The molecule has 1 unspecified atom stereocenters. The van der Waals surface area contributed by atoms with Crippen LogP contribution in [-0.4, -0.2) is 46.6 Å². The molecule has 1 aromatic rings. The minimum Gasteiger partial charge on any atom is -0.497 e. The van der Waals surface area contributed by atoms with Gasteiger partial charge in [0.1, 0.15) is 11.9 Å². The Labute approximate surface area is 136 Å². The second-order valence-electron chi connectivity index (χ2n) is 5.34. The Morgan fingerprint density at radius 1 is 1.35 bits per heavy atom. The zero-order chi connectivity index (χ0) is 16.9. The summed E-state index contributed by atoms with van der Waals surface area (Å²) in [6, 6.07) is 7.02. The molecular formula is C15H22N2O5S. The Morgan fingerprint density at radius 3 is 2.65 bits per heavy atom. The standard InChI is InChI=1S/C15H22N2O5S/c1-3-4-9-23(19,20)16-10-14-11-17(15(18)22-14)12-5-7-13(21-2)8-6-12/h5-8,14,16H,3-4,9-11H2,1-2H3. The molecule has 1 N–H and O–H groups in total. The highest BCUT2D eigenvalue weighted by atomic mass is 32.2. The summed E-state index contributed by atoms with van der Waals surface area (Å²) in [5.74, 6) is 0.786. The van der Waals surface area contributed by atoms with E-state index in [4.69, 9.17) is 9.47 Å². The number of amides is 1. The molecule has 0 saturated carbocycles. The third kappa shape index (κ3) is 4.84. The number of methoxy groups -OCH3 is 1. The largest absolute Gasteiger partial charge is 0.497 e. The van der Waals surface area contributed by atoms with Gasteiger partial charge in [-0.25, -0.2) is 17.9 Å². The van der Waals surface area contributed by atoms with Gasteiger partial charge in [0.15, 0.2) is 0 Å². The van der Waals surface area contributed by atoms with E-state index in [0.717, 1.165) is 6.42 Å². The molecule has 0 bridgehead atoms. The molecule has 1 saturated heterocycles. The van der Waals surface area contributed by atoms with Crippen molar-refractivity contribution in [3.8, 4) is 5.75 Å². The van der Waals surface area contributed by atoms with Gasteiger partial charge in [-0.1, -0.05) is 13.3 Å². The van der Waals surface area contributed by atoms with Crippen molar-refractivity contribution in [1.29, 1.82) is 0 Å². The molecule has 1 amide bonds. The van der Waals surface area contributed by atoms with Crippen molar-refractivity contribution < 1.29 is 22.7 Å². The average molecular weight is 342 g/mol. The van der Waals surface area contributed by atoms with Gasteiger partial charge >= 0.3 is 6.09 Å². The highest BCUT2D eigenvalue weighted by Crippen LogP contribution is 2.24. The predicted octanol–water partition coefficient (Wildman–Crippen LogP) is 1.74. The molecule has 1 aliphatic rings. The van der Waals surface area contributed by atoms with Crippen LogP contribution in [0.5, 0.6) is 5.75 Å². The van der Waals surface area contributed by atoms with Crippen LogP contribution in [0.1, 0.15) is 19.8 Å². The molecule has 1 atom stereocenters. The van der Waals surface area contributed by atoms with Crippen molar-refractivity contribution >= 4 is 21.8 Å². The number of benzene rings is 1. The molecule has 0 aromatic heterocycles. The number of carbonyl (C=O) groups excluding carboxylic acids is 1. The van der Waals surface area contributed by atoms with Crippen LogP contribution in [0.25, 0.3) is 0 Å². The number of hydrogen-bond donors (Lipinski definition) is 1. The Hall–Kier alpha value is -1.80. The van der Waals surface area contributed by atoms with E-state index in [-0.39, 0.29) is 12.3 Å². The molecule has 7 nitrogen and oxygen atoms in total. The van der Waals surface area contributed by atoms with Crippen LogP contribution in [0.3, 0.4) is 0 Å². The first-order chi connectivity index (χ1) is 10.9. The summed E-state index contributed by atoms with van der Waals surface area (Å²) in [6.45, 7) is 2.33. The minimum atomic E-state index is -3.32. The second kappa shape index (κ2) is 7.65. The topological polar surface area (TPSA) is 84.9 Å². The van der Waals surface area contributed by atoms with E-state index in [1.54, 1.807) is 31.4 Å². The summed E-state index contributed by atoms with van der Waals surface area (Å²) in [5.41, 5.74) is 0.687. The van der Waals surface area contributed by atoms with Gasteiger partial charge in [-0.2, -0.15) is 0 Å². The van der Waals surface area contributed by atoms with E-state index in [9.17, 15) is 13.2 Å². The monoisotopic (exact) mass is 342 g/mol. The summed E-state index contributed by atoms with van der Waals surface area (Å²) in [5, 5.41) is 0. The van der Waals surface area contributed by atoms with E-state index in [2.05, 4.69) is 4.72 Å². The smallest absolute Gasteiger partial charge is 0.414 e. The number of nitrogens with one attached hydrogen (secondary N) is 1. The fraction of sp³-hybridized carbons (Fsp3) is 0.533. The van der Waals surface area contributed by atoms with Crippen LogP contribution in [0.15, 0.2) is 24.3 Å². The molecule has 2 rings (SSSR count). The highest BCUT2D eigenvalue weighted by Gasteiger charge is 2.32. The summed E-state index contributed by atoms with van der Waals surface area (Å²) in [6.07, 6.45) is 0.441.